The predicted molar refractivity (Wildman–Crippen MR) is 93.7 cm³/mol. The SMILES string of the molecule is O=C(Cc1ccccc1F)Nc1ccc(NC2CCS(=O)(=O)C2)cn1. The van der Waals surface area contributed by atoms with Gasteiger partial charge in [0.05, 0.1) is 29.8 Å². The molecule has 1 aromatic heterocycles. The fourth-order valence-electron chi connectivity index (χ4n) is 2.70. The van der Waals surface area contributed by atoms with Gasteiger partial charge in [-0.2, -0.15) is 0 Å². The molecular formula is C17H18FN3O3S. The molecule has 2 heterocycles. The van der Waals surface area contributed by atoms with Crippen LogP contribution in [0.2, 0.25) is 0 Å². The standard InChI is InChI=1S/C17H18FN3O3S/c18-15-4-2-1-3-12(15)9-17(22)21-16-6-5-13(10-19-16)20-14-7-8-25(23,24)11-14/h1-6,10,14,20H,7-9,11H2,(H,19,21,22). The number of hydrogen-bond donors (Lipinski definition) is 2. The van der Waals surface area contributed by atoms with E-state index in [9.17, 15) is 17.6 Å². The maximum absolute atomic E-state index is 13.5. The highest BCUT2D eigenvalue weighted by Crippen LogP contribution is 2.18. The third-order valence-electron chi connectivity index (χ3n) is 3.94. The molecule has 0 spiro atoms. The molecule has 132 valence electrons. The molecule has 1 fully saturated rings. The van der Waals surface area contributed by atoms with Crippen molar-refractivity contribution >= 4 is 27.2 Å². The number of carbonyl (C=O) groups excluding carboxylic acids is 1. The van der Waals surface area contributed by atoms with E-state index in [4.69, 9.17) is 0 Å². The Balaban J connectivity index is 1.55. The molecule has 1 atom stereocenters. The van der Waals surface area contributed by atoms with Crippen molar-refractivity contribution in [1.29, 1.82) is 0 Å². The monoisotopic (exact) mass is 363 g/mol. The molecule has 1 aliphatic heterocycles. The van der Waals surface area contributed by atoms with E-state index in [1.807, 2.05) is 0 Å². The Morgan fingerprint density at radius 3 is 2.68 bits per heavy atom. The molecule has 1 amide bonds. The molecule has 1 aromatic carbocycles. The molecule has 6 nitrogen and oxygen atoms in total. The lowest BCUT2D eigenvalue weighted by Gasteiger charge is -2.12. The van der Waals surface area contributed by atoms with Crippen LogP contribution >= 0.6 is 0 Å². The van der Waals surface area contributed by atoms with Crippen LogP contribution in [0.15, 0.2) is 42.6 Å². The first-order chi connectivity index (χ1) is 11.9. The molecule has 0 bridgehead atoms. The van der Waals surface area contributed by atoms with Gasteiger partial charge in [-0.3, -0.25) is 4.79 Å². The van der Waals surface area contributed by atoms with Gasteiger partial charge in [0, 0.05) is 6.04 Å². The predicted octanol–water partition coefficient (Wildman–Crippen LogP) is 2.00. The smallest absolute Gasteiger partial charge is 0.230 e. The van der Waals surface area contributed by atoms with E-state index < -0.39 is 15.7 Å². The van der Waals surface area contributed by atoms with Crippen molar-refractivity contribution in [2.45, 2.75) is 18.9 Å². The summed E-state index contributed by atoms with van der Waals surface area (Å²) in [6.07, 6.45) is 2.03. The zero-order chi connectivity index (χ0) is 17.9. The second kappa shape index (κ2) is 7.18. The highest BCUT2D eigenvalue weighted by Gasteiger charge is 2.27. The average Bonchev–Trinajstić information content (AvgIpc) is 2.90. The maximum Gasteiger partial charge on any atom is 0.230 e. The quantitative estimate of drug-likeness (QED) is 0.848. The van der Waals surface area contributed by atoms with Gasteiger partial charge < -0.3 is 10.6 Å². The largest absolute Gasteiger partial charge is 0.380 e. The van der Waals surface area contributed by atoms with E-state index in [0.29, 0.717) is 23.5 Å². The Hall–Kier alpha value is -2.48. The highest BCUT2D eigenvalue weighted by molar-refractivity contribution is 7.91. The van der Waals surface area contributed by atoms with Crippen molar-refractivity contribution in [3.63, 3.8) is 0 Å². The number of hydrogen-bond acceptors (Lipinski definition) is 5. The third-order valence-corrected chi connectivity index (χ3v) is 5.71. The number of halogens is 1. The summed E-state index contributed by atoms with van der Waals surface area (Å²) >= 11 is 0. The van der Waals surface area contributed by atoms with Crippen molar-refractivity contribution < 1.29 is 17.6 Å². The van der Waals surface area contributed by atoms with Crippen molar-refractivity contribution in [3.05, 3.63) is 54.0 Å². The van der Waals surface area contributed by atoms with E-state index in [-0.39, 0.29) is 29.9 Å². The number of sulfone groups is 1. The summed E-state index contributed by atoms with van der Waals surface area (Å²) < 4.78 is 36.4. The molecule has 25 heavy (non-hydrogen) atoms. The van der Waals surface area contributed by atoms with Crippen LogP contribution in [0.25, 0.3) is 0 Å². The first kappa shape index (κ1) is 17.3. The number of nitrogens with one attached hydrogen (secondary N) is 2. The Morgan fingerprint density at radius 1 is 1.24 bits per heavy atom. The summed E-state index contributed by atoms with van der Waals surface area (Å²) in [6, 6.07) is 9.33. The van der Waals surface area contributed by atoms with Crippen LogP contribution in [0.5, 0.6) is 0 Å². The molecule has 0 aliphatic carbocycles. The fourth-order valence-corrected chi connectivity index (χ4v) is 4.37. The lowest BCUT2D eigenvalue weighted by atomic mass is 10.1. The van der Waals surface area contributed by atoms with Gasteiger partial charge >= 0.3 is 0 Å². The maximum atomic E-state index is 13.5. The minimum absolute atomic E-state index is 0.0751. The number of aromatic nitrogens is 1. The number of benzene rings is 1. The van der Waals surface area contributed by atoms with Gasteiger partial charge in [-0.25, -0.2) is 17.8 Å². The van der Waals surface area contributed by atoms with Crippen molar-refractivity contribution in [2.24, 2.45) is 0 Å². The Bertz CT molecular complexity index is 869. The second-order valence-corrected chi connectivity index (χ2v) is 8.22. The summed E-state index contributed by atoms with van der Waals surface area (Å²) in [5, 5.41) is 5.73. The van der Waals surface area contributed by atoms with Crippen LogP contribution < -0.4 is 10.6 Å². The molecule has 1 unspecified atom stereocenters. The van der Waals surface area contributed by atoms with Crippen LogP contribution in [0.4, 0.5) is 15.9 Å². The molecule has 1 aliphatic rings. The number of carbonyl (C=O) groups is 1. The molecular weight excluding hydrogens is 345 g/mol. The molecule has 0 saturated carbocycles. The lowest BCUT2D eigenvalue weighted by Crippen LogP contribution is -2.20. The Morgan fingerprint density at radius 2 is 2.04 bits per heavy atom. The topological polar surface area (TPSA) is 88.2 Å². The summed E-state index contributed by atoms with van der Waals surface area (Å²) in [7, 11) is -2.94. The zero-order valence-electron chi connectivity index (χ0n) is 13.4. The van der Waals surface area contributed by atoms with Gasteiger partial charge in [0.2, 0.25) is 5.91 Å². The first-order valence-electron chi connectivity index (χ1n) is 7.87. The molecule has 8 heteroatoms. The number of amides is 1. The molecule has 0 radical (unpaired) electrons. The van der Waals surface area contributed by atoms with Crippen LogP contribution in [-0.2, 0) is 21.1 Å². The van der Waals surface area contributed by atoms with Crippen LogP contribution in [0, 0.1) is 5.82 Å². The number of anilines is 2. The minimum Gasteiger partial charge on any atom is -0.380 e. The van der Waals surface area contributed by atoms with Crippen LogP contribution in [-0.4, -0.2) is 36.9 Å². The highest BCUT2D eigenvalue weighted by atomic mass is 32.2. The number of rotatable bonds is 5. The zero-order valence-corrected chi connectivity index (χ0v) is 14.2. The van der Waals surface area contributed by atoms with E-state index in [1.54, 1.807) is 30.3 Å². The van der Waals surface area contributed by atoms with Gasteiger partial charge in [-0.05, 0) is 30.2 Å². The van der Waals surface area contributed by atoms with Gasteiger partial charge in [-0.15, -0.1) is 0 Å². The normalized spacial score (nSPS) is 18.7. The fraction of sp³-hybridized carbons (Fsp3) is 0.294. The molecule has 3 rings (SSSR count). The third kappa shape index (κ3) is 4.76. The van der Waals surface area contributed by atoms with Gasteiger partial charge in [-0.1, -0.05) is 18.2 Å². The minimum atomic E-state index is -2.94. The lowest BCUT2D eigenvalue weighted by molar-refractivity contribution is -0.115. The van der Waals surface area contributed by atoms with Crippen molar-refractivity contribution in [1.82, 2.24) is 4.98 Å². The average molecular weight is 363 g/mol. The van der Waals surface area contributed by atoms with Gasteiger partial charge in [0.1, 0.15) is 11.6 Å². The molecule has 2 aromatic rings. The molecule has 2 N–H and O–H groups in total. The van der Waals surface area contributed by atoms with E-state index >= 15 is 0 Å². The second-order valence-electron chi connectivity index (χ2n) is 5.99. The molecule has 1 saturated heterocycles. The van der Waals surface area contributed by atoms with Crippen molar-refractivity contribution in [2.75, 3.05) is 22.1 Å². The van der Waals surface area contributed by atoms with Gasteiger partial charge in [0.15, 0.2) is 9.84 Å². The summed E-state index contributed by atoms with van der Waals surface area (Å²) in [5.74, 6) is -0.112. The van der Waals surface area contributed by atoms with Crippen LogP contribution in [0.3, 0.4) is 0 Å². The van der Waals surface area contributed by atoms with E-state index in [2.05, 4.69) is 15.6 Å². The van der Waals surface area contributed by atoms with E-state index in [1.165, 1.54) is 12.3 Å². The number of nitrogens with zero attached hydrogens (tertiary/aromatic N) is 1. The van der Waals surface area contributed by atoms with E-state index in [0.717, 1.165) is 0 Å². The summed E-state index contributed by atoms with van der Waals surface area (Å²) in [4.78, 5) is 16.1. The van der Waals surface area contributed by atoms with Gasteiger partial charge in [0.25, 0.3) is 0 Å². The first-order valence-corrected chi connectivity index (χ1v) is 9.70. The summed E-state index contributed by atoms with van der Waals surface area (Å²) in [6.45, 7) is 0. The van der Waals surface area contributed by atoms with Crippen LogP contribution in [0.1, 0.15) is 12.0 Å². The summed E-state index contributed by atoms with van der Waals surface area (Å²) in [5.41, 5.74) is 1.01. The van der Waals surface area contributed by atoms with Crippen molar-refractivity contribution in [3.8, 4) is 0 Å². The number of pyridine rings is 1. The Kier molecular flexibility index (Phi) is 4.98. The Labute approximate surface area is 145 Å².